The lowest BCUT2D eigenvalue weighted by Gasteiger charge is -2.26. The third kappa shape index (κ3) is 2.83. The van der Waals surface area contributed by atoms with Crippen molar-refractivity contribution in [1.82, 2.24) is 0 Å². The van der Waals surface area contributed by atoms with Gasteiger partial charge in [0.05, 0.1) is 12.7 Å². The van der Waals surface area contributed by atoms with Crippen molar-refractivity contribution in [3.63, 3.8) is 0 Å². The summed E-state index contributed by atoms with van der Waals surface area (Å²) in [5.41, 5.74) is -0.298. The molecular formula is C17H20O3. The zero-order valence-corrected chi connectivity index (χ0v) is 12.1. The van der Waals surface area contributed by atoms with Crippen LogP contribution in [0.3, 0.4) is 0 Å². The summed E-state index contributed by atoms with van der Waals surface area (Å²) in [6.07, 6.45) is 0.652. The van der Waals surface area contributed by atoms with Gasteiger partial charge in [0, 0.05) is 6.42 Å². The summed E-state index contributed by atoms with van der Waals surface area (Å²) in [4.78, 5) is 11.4. The molecular weight excluding hydrogens is 252 g/mol. The fourth-order valence-corrected chi connectivity index (χ4v) is 2.48. The fourth-order valence-electron chi connectivity index (χ4n) is 2.48. The van der Waals surface area contributed by atoms with E-state index < -0.39 is 5.60 Å². The largest absolute Gasteiger partial charge is 0.497 e. The van der Waals surface area contributed by atoms with Gasteiger partial charge in [-0.05, 0) is 47.9 Å². The molecule has 3 nitrogen and oxygen atoms in total. The van der Waals surface area contributed by atoms with Gasteiger partial charge in [-0.3, -0.25) is 4.79 Å². The summed E-state index contributed by atoms with van der Waals surface area (Å²) >= 11 is 0. The number of benzene rings is 2. The zero-order chi connectivity index (χ0) is 14.8. The standard InChI is InChI=1S/C17H20O3/c1-4-17(19,11-12(2)18)15-7-5-14-10-16(20-3)8-6-13(14)9-15/h5-10,19H,4,11H2,1-3H3. The van der Waals surface area contributed by atoms with E-state index in [9.17, 15) is 9.90 Å². The predicted octanol–water partition coefficient (Wildman–Crippen LogP) is 3.43. The lowest BCUT2D eigenvalue weighted by Crippen LogP contribution is -2.27. The molecule has 106 valence electrons. The second kappa shape index (κ2) is 5.63. The molecule has 0 amide bonds. The summed E-state index contributed by atoms with van der Waals surface area (Å²) < 4.78 is 5.20. The number of aliphatic hydroxyl groups is 1. The van der Waals surface area contributed by atoms with Gasteiger partial charge in [0.15, 0.2) is 0 Å². The van der Waals surface area contributed by atoms with Crippen molar-refractivity contribution in [1.29, 1.82) is 0 Å². The van der Waals surface area contributed by atoms with Gasteiger partial charge < -0.3 is 9.84 Å². The molecule has 0 saturated heterocycles. The maximum absolute atomic E-state index is 11.4. The Morgan fingerprint density at radius 2 is 1.85 bits per heavy atom. The molecule has 1 unspecified atom stereocenters. The second-order valence-corrected chi connectivity index (χ2v) is 5.19. The molecule has 0 radical (unpaired) electrons. The number of rotatable bonds is 5. The molecule has 0 fully saturated rings. The first kappa shape index (κ1) is 14.5. The second-order valence-electron chi connectivity index (χ2n) is 5.19. The molecule has 2 aromatic carbocycles. The first-order chi connectivity index (χ1) is 9.48. The van der Waals surface area contributed by atoms with Crippen molar-refractivity contribution in [2.45, 2.75) is 32.3 Å². The van der Waals surface area contributed by atoms with Crippen LogP contribution in [0.2, 0.25) is 0 Å². The van der Waals surface area contributed by atoms with E-state index in [2.05, 4.69) is 0 Å². The maximum Gasteiger partial charge on any atom is 0.133 e. The Morgan fingerprint density at radius 1 is 1.20 bits per heavy atom. The van der Waals surface area contributed by atoms with Gasteiger partial charge in [-0.25, -0.2) is 0 Å². The number of carbonyl (C=O) groups excluding carboxylic acids is 1. The highest BCUT2D eigenvalue weighted by Gasteiger charge is 2.28. The average Bonchev–Trinajstić information content (AvgIpc) is 2.45. The third-order valence-electron chi connectivity index (χ3n) is 3.71. The Bertz CT molecular complexity index is 633. The molecule has 1 atom stereocenters. The number of fused-ring (bicyclic) bond motifs is 1. The zero-order valence-electron chi connectivity index (χ0n) is 12.1. The van der Waals surface area contributed by atoms with Crippen LogP contribution in [0.1, 0.15) is 32.3 Å². The smallest absolute Gasteiger partial charge is 0.133 e. The van der Waals surface area contributed by atoms with E-state index in [1.54, 1.807) is 7.11 Å². The minimum absolute atomic E-state index is 0.0100. The molecule has 20 heavy (non-hydrogen) atoms. The molecule has 0 bridgehead atoms. The summed E-state index contributed by atoms with van der Waals surface area (Å²) in [5, 5.41) is 12.8. The lowest BCUT2D eigenvalue weighted by molar-refractivity contribution is -0.122. The highest BCUT2D eigenvalue weighted by atomic mass is 16.5. The maximum atomic E-state index is 11.4. The Kier molecular flexibility index (Phi) is 4.09. The first-order valence-corrected chi connectivity index (χ1v) is 6.78. The van der Waals surface area contributed by atoms with Crippen LogP contribution in [0.4, 0.5) is 0 Å². The Morgan fingerprint density at radius 3 is 2.45 bits per heavy atom. The van der Waals surface area contributed by atoms with E-state index in [0.29, 0.717) is 6.42 Å². The van der Waals surface area contributed by atoms with Gasteiger partial charge in [-0.1, -0.05) is 25.1 Å². The first-order valence-electron chi connectivity index (χ1n) is 6.78. The van der Waals surface area contributed by atoms with Gasteiger partial charge in [0.1, 0.15) is 11.5 Å². The number of hydrogen-bond donors (Lipinski definition) is 1. The van der Waals surface area contributed by atoms with E-state index in [1.807, 2.05) is 43.3 Å². The van der Waals surface area contributed by atoms with Crippen LogP contribution in [0.25, 0.3) is 10.8 Å². The molecule has 0 aliphatic carbocycles. The monoisotopic (exact) mass is 272 g/mol. The van der Waals surface area contributed by atoms with Gasteiger partial charge >= 0.3 is 0 Å². The van der Waals surface area contributed by atoms with Crippen LogP contribution in [0.15, 0.2) is 36.4 Å². The minimum atomic E-state index is -1.08. The number of methoxy groups -OCH3 is 1. The van der Waals surface area contributed by atoms with Crippen molar-refractivity contribution >= 4 is 16.6 Å². The van der Waals surface area contributed by atoms with Crippen molar-refractivity contribution < 1.29 is 14.6 Å². The molecule has 2 aromatic rings. The quantitative estimate of drug-likeness (QED) is 0.907. The number of carbonyl (C=O) groups is 1. The normalized spacial score (nSPS) is 14.0. The van der Waals surface area contributed by atoms with Crippen LogP contribution in [0.5, 0.6) is 5.75 Å². The summed E-state index contributed by atoms with van der Waals surface area (Å²) in [7, 11) is 1.64. The van der Waals surface area contributed by atoms with Crippen LogP contribution < -0.4 is 4.74 Å². The number of ketones is 1. The van der Waals surface area contributed by atoms with Crippen molar-refractivity contribution in [3.05, 3.63) is 42.0 Å². The number of Topliss-reactive ketones (excluding diaryl/α,β-unsaturated/α-hetero) is 1. The van der Waals surface area contributed by atoms with Crippen LogP contribution in [-0.2, 0) is 10.4 Å². The van der Waals surface area contributed by atoms with Gasteiger partial charge in [0.2, 0.25) is 0 Å². The van der Waals surface area contributed by atoms with Crippen molar-refractivity contribution in [3.8, 4) is 5.75 Å². The molecule has 0 aliphatic rings. The number of ether oxygens (including phenoxy) is 1. The molecule has 0 spiro atoms. The summed E-state index contributed by atoms with van der Waals surface area (Å²) in [6.45, 7) is 3.40. The van der Waals surface area contributed by atoms with Crippen LogP contribution >= 0.6 is 0 Å². The van der Waals surface area contributed by atoms with E-state index in [-0.39, 0.29) is 12.2 Å². The lowest BCUT2D eigenvalue weighted by atomic mass is 9.85. The SMILES string of the molecule is CCC(O)(CC(C)=O)c1ccc2cc(OC)ccc2c1. The van der Waals surface area contributed by atoms with E-state index in [4.69, 9.17) is 4.74 Å². The molecule has 0 aliphatic heterocycles. The van der Waals surface area contributed by atoms with Crippen LogP contribution in [-0.4, -0.2) is 18.0 Å². The molecule has 0 aromatic heterocycles. The van der Waals surface area contributed by atoms with Crippen molar-refractivity contribution in [2.24, 2.45) is 0 Å². The minimum Gasteiger partial charge on any atom is -0.497 e. The van der Waals surface area contributed by atoms with Gasteiger partial charge in [-0.15, -0.1) is 0 Å². The summed E-state index contributed by atoms with van der Waals surface area (Å²) in [5.74, 6) is 0.795. The average molecular weight is 272 g/mol. The van der Waals surface area contributed by atoms with Crippen molar-refractivity contribution in [2.75, 3.05) is 7.11 Å². The number of hydrogen-bond acceptors (Lipinski definition) is 3. The van der Waals surface area contributed by atoms with E-state index >= 15 is 0 Å². The van der Waals surface area contributed by atoms with Gasteiger partial charge in [-0.2, -0.15) is 0 Å². The fraction of sp³-hybridized carbons (Fsp3) is 0.353. The Balaban J connectivity index is 2.47. The summed E-state index contributed by atoms with van der Waals surface area (Å²) in [6, 6.07) is 11.6. The highest BCUT2D eigenvalue weighted by molar-refractivity contribution is 5.85. The Hall–Kier alpha value is -1.87. The molecule has 0 saturated carbocycles. The topological polar surface area (TPSA) is 46.5 Å². The molecule has 2 rings (SSSR count). The van der Waals surface area contributed by atoms with E-state index in [0.717, 1.165) is 22.1 Å². The Labute approximate surface area is 119 Å². The molecule has 3 heteroatoms. The van der Waals surface area contributed by atoms with Crippen LogP contribution in [0, 0.1) is 0 Å². The highest BCUT2D eigenvalue weighted by Crippen LogP contribution is 2.32. The third-order valence-corrected chi connectivity index (χ3v) is 3.71. The molecule has 1 N–H and O–H groups in total. The van der Waals surface area contributed by atoms with Gasteiger partial charge in [0.25, 0.3) is 0 Å². The predicted molar refractivity (Wildman–Crippen MR) is 80.0 cm³/mol. The molecule has 0 heterocycles. The van der Waals surface area contributed by atoms with E-state index in [1.165, 1.54) is 6.92 Å².